The number of para-hydroxylation sites is 1. The van der Waals surface area contributed by atoms with E-state index >= 15 is 0 Å². The largest absolute Gasteiger partial charge is 0.496 e. The number of amides is 2. The number of likely N-dealkylation sites (N-methyl/N-ethyl adjacent to an activating group) is 1. The van der Waals surface area contributed by atoms with Crippen LogP contribution in [0.1, 0.15) is 24.0 Å². The van der Waals surface area contributed by atoms with Crippen molar-refractivity contribution in [1.29, 1.82) is 0 Å². The first-order valence-electron chi connectivity index (χ1n) is 10.3. The molecule has 6 nitrogen and oxygen atoms in total. The molecule has 0 aliphatic rings. The number of alkyl halides is 3. The third-order valence-corrected chi connectivity index (χ3v) is 6.22. The van der Waals surface area contributed by atoms with Crippen molar-refractivity contribution in [2.24, 2.45) is 0 Å². The molecule has 2 aromatic rings. The predicted octanol–water partition coefficient (Wildman–Crippen LogP) is 6.36. The average molecular weight is 533 g/mol. The van der Waals surface area contributed by atoms with Crippen molar-refractivity contribution in [1.82, 2.24) is 9.80 Å². The molecule has 0 aliphatic carbocycles. The van der Waals surface area contributed by atoms with E-state index < -0.39 is 36.7 Å². The second kappa shape index (κ2) is 11.7. The van der Waals surface area contributed by atoms with Crippen molar-refractivity contribution in [2.45, 2.75) is 31.1 Å². The molecule has 0 bridgehead atoms. The Morgan fingerprint density at radius 3 is 2.34 bits per heavy atom. The van der Waals surface area contributed by atoms with E-state index in [1.165, 1.54) is 38.4 Å². The first-order chi connectivity index (χ1) is 16.3. The second-order valence-electron chi connectivity index (χ2n) is 7.88. The fraction of sp³-hybridized carbons (Fsp3) is 0.333. The van der Waals surface area contributed by atoms with Gasteiger partial charge in [-0.15, -0.1) is 6.58 Å². The minimum atomic E-state index is -4.72. The molecule has 35 heavy (non-hydrogen) atoms. The number of carboxylic acid groups (broad SMARTS) is 1. The van der Waals surface area contributed by atoms with Crippen molar-refractivity contribution >= 4 is 35.2 Å². The molecule has 0 radical (unpaired) electrons. The van der Waals surface area contributed by atoms with Gasteiger partial charge in [-0.05, 0) is 30.2 Å². The van der Waals surface area contributed by atoms with Gasteiger partial charge in [-0.2, -0.15) is 13.2 Å². The van der Waals surface area contributed by atoms with E-state index in [0.29, 0.717) is 16.9 Å². The molecule has 0 aromatic heterocycles. The van der Waals surface area contributed by atoms with Crippen LogP contribution in [0.3, 0.4) is 0 Å². The van der Waals surface area contributed by atoms with Gasteiger partial charge in [-0.25, -0.2) is 4.79 Å². The van der Waals surface area contributed by atoms with Gasteiger partial charge in [-0.1, -0.05) is 53.5 Å². The van der Waals surface area contributed by atoms with Crippen molar-refractivity contribution in [2.75, 3.05) is 20.7 Å². The summed E-state index contributed by atoms with van der Waals surface area (Å²) in [5.41, 5.74) is -0.718. The fourth-order valence-corrected chi connectivity index (χ4v) is 4.14. The molecular formula is C24H25Cl2F3N2O4. The lowest BCUT2D eigenvalue weighted by Gasteiger charge is -2.45. The van der Waals surface area contributed by atoms with Crippen LogP contribution in [0.15, 0.2) is 55.1 Å². The second-order valence-corrected chi connectivity index (χ2v) is 8.69. The number of hydrogen-bond donors (Lipinski definition) is 1. The number of benzene rings is 2. The molecule has 0 unspecified atom stereocenters. The van der Waals surface area contributed by atoms with Crippen LogP contribution in [0.4, 0.5) is 18.0 Å². The summed E-state index contributed by atoms with van der Waals surface area (Å²) >= 11 is 12.3. The van der Waals surface area contributed by atoms with Gasteiger partial charge in [0.15, 0.2) is 0 Å². The molecule has 0 spiro atoms. The van der Waals surface area contributed by atoms with Crippen LogP contribution >= 0.6 is 23.2 Å². The lowest BCUT2D eigenvalue weighted by Crippen LogP contribution is -2.55. The lowest BCUT2D eigenvalue weighted by atomic mass is 9.83. The molecular weight excluding hydrogens is 508 g/mol. The van der Waals surface area contributed by atoms with E-state index in [0.717, 1.165) is 9.80 Å². The maximum Gasteiger partial charge on any atom is 0.408 e. The fourth-order valence-electron chi connectivity index (χ4n) is 3.84. The molecule has 1 N–H and O–H groups in total. The zero-order valence-corrected chi connectivity index (χ0v) is 20.6. The van der Waals surface area contributed by atoms with Crippen molar-refractivity contribution in [3.8, 4) is 5.75 Å². The molecule has 0 heterocycles. The molecule has 0 fully saturated rings. The summed E-state index contributed by atoms with van der Waals surface area (Å²) < 4.78 is 44.1. The number of nitrogens with zero attached hydrogens (tertiary/aromatic N) is 2. The van der Waals surface area contributed by atoms with Crippen LogP contribution in [0.5, 0.6) is 5.75 Å². The highest BCUT2D eigenvalue weighted by Gasteiger charge is 2.44. The Kier molecular flexibility index (Phi) is 9.45. The summed E-state index contributed by atoms with van der Waals surface area (Å²) in [7, 11) is 2.62. The van der Waals surface area contributed by atoms with Crippen LogP contribution in [-0.4, -0.2) is 53.8 Å². The van der Waals surface area contributed by atoms with Gasteiger partial charge < -0.3 is 14.7 Å². The molecule has 1 atom stereocenters. The van der Waals surface area contributed by atoms with Crippen molar-refractivity contribution in [3.05, 3.63) is 76.3 Å². The summed E-state index contributed by atoms with van der Waals surface area (Å²) in [4.78, 5) is 26.9. The van der Waals surface area contributed by atoms with E-state index in [1.807, 2.05) is 0 Å². The standard InChI is InChI=1S/C24H25Cl2F3N2O4/c1-4-11-23(17-9-10-18(25)19(26)12-17,15-30(2)21(32)13-24(27,28)29)31(22(33)34)14-16-7-5-6-8-20(16)35-3/h4-10,12H,1,11,13-15H2,2-3H3,(H,33,34)/t23-/m1/s1. The smallest absolute Gasteiger partial charge is 0.408 e. The minimum Gasteiger partial charge on any atom is -0.496 e. The van der Waals surface area contributed by atoms with Crippen LogP contribution in [0.25, 0.3) is 0 Å². The van der Waals surface area contributed by atoms with Gasteiger partial charge in [0, 0.05) is 19.2 Å². The Hall–Kier alpha value is -2.91. The van der Waals surface area contributed by atoms with Crippen LogP contribution in [0, 0.1) is 0 Å². The molecule has 2 amide bonds. The highest BCUT2D eigenvalue weighted by atomic mass is 35.5. The Morgan fingerprint density at radius 2 is 1.80 bits per heavy atom. The first-order valence-corrected chi connectivity index (χ1v) is 11.1. The predicted molar refractivity (Wildman–Crippen MR) is 128 cm³/mol. The van der Waals surface area contributed by atoms with Crippen LogP contribution in [0.2, 0.25) is 10.0 Å². The SMILES string of the molecule is C=CC[C@@](CN(C)C(=O)CC(F)(F)F)(c1ccc(Cl)c(Cl)c1)N(Cc1ccccc1OC)C(=O)O. The topological polar surface area (TPSA) is 70.1 Å². The summed E-state index contributed by atoms with van der Waals surface area (Å²) in [6.45, 7) is 3.11. The van der Waals surface area contributed by atoms with Crippen molar-refractivity contribution < 1.29 is 32.6 Å². The van der Waals surface area contributed by atoms with E-state index in [9.17, 15) is 27.9 Å². The molecule has 2 rings (SSSR count). The zero-order chi connectivity index (χ0) is 26.4. The van der Waals surface area contributed by atoms with E-state index in [2.05, 4.69) is 6.58 Å². The van der Waals surface area contributed by atoms with Gasteiger partial charge in [-0.3, -0.25) is 9.69 Å². The maximum absolute atomic E-state index is 12.9. The number of methoxy groups -OCH3 is 1. The summed E-state index contributed by atoms with van der Waals surface area (Å²) in [6.07, 6.45) is -6.40. The summed E-state index contributed by atoms with van der Waals surface area (Å²) in [6, 6.07) is 11.2. The number of hydrogen-bond acceptors (Lipinski definition) is 3. The molecule has 2 aromatic carbocycles. The van der Waals surface area contributed by atoms with E-state index in [1.54, 1.807) is 24.3 Å². The number of ether oxygens (including phenoxy) is 1. The highest BCUT2D eigenvalue weighted by molar-refractivity contribution is 6.42. The van der Waals surface area contributed by atoms with Gasteiger partial charge in [0.25, 0.3) is 0 Å². The van der Waals surface area contributed by atoms with Gasteiger partial charge in [0.2, 0.25) is 5.91 Å². The summed E-state index contributed by atoms with van der Waals surface area (Å²) in [5.74, 6) is -0.796. The number of carbonyl (C=O) groups excluding carboxylic acids is 1. The molecule has 11 heteroatoms. The van der Waals surface area contributed by atoms with E-state index in [4.69, 9.17) is 27.9 Å². The molecule has 0 saturated carbocycles. The quantitative estimate of drug-likeness (QED) is 0.361. The zero-order valence-electron chi connectivity index (χ0n) is 19.1. The minimum absolute atomic E-state index is 0.0456. The first kappa shape index (κ1) is 28.3. The molecule has 0 aliphatic heterocycles. The molecule has 0 saturated heterocycles. The number of carbonyl (C=O) groups is 2. The summed E-state index contributed by atoms with van der Waals surface area (Å²) in [5, 5.41) is 10.6. The maximum atomic E-state index is 12.9. The third-order valence-electron chi connectivity index (χ3n) is 5.48. The Morgan fingerprint density at radius 1 is 1.14 bits per heavy atom. The average Bonchev–Trinajstić information content (AvgIpc) is 2.77. The van der Waals surface area contributed by atoms with Crippen LogP contribution < -0.4 is 4.74 Å². The van der Waals surface area contributed by atoms with E-state index in [-0.39, 0.29) is 23.0 Å². The Labute approximate surface area is 211 Å². The third kappa shape index (κ3) is 7.05. The Bertz CT molecular complexity index is 1080. The van der Waals surface area contributed by atoms with Gasteiger partial charge in [0.05, 0.1) is 29.2 Å². The Balaban J connectivity index is 2.70. The highest BCUT2D eigenvalue weighted by Crippen LogP contribution is 2.39. The van der Waals surface area contributed by atoms with Gasteiger partial charge >= 0.3 is 12.3 Å². The normalized spacial score (nSPS) is 13.0. The molecule has 190 valence electrons. The monoisotopic (exact) mass is 532 g/mol. The number of rotatable bonds is 10. The number of halogens is 5. The van der Waals surface area contributed by atoms with Crippen LogP contribution in [-0.2, 0) is 16.9 Å². The van der Waals surface area contributed by atoms with Gasteiger partial charge in [0.1, 0.15) is 12.2 Å². The van der Waals surface area contributed by atoms with Crippen molar-refractivity contribution in [3.63, 3.8) is 0 Å². The lowest BCUT2D eigenvalue weighted by molar-refractivity contribution is -0.161.